The highest BCUT2D eigenvalue weighted by atomic mass is 32.1. The van der Waals surface area contributed by atoms with Gasteiger partial charge in [0.15, 0.2) is 6.10 Å². The van der Waals surface area contributed by atoms with Crippen molar-refractivity contribution in [3.05, 3.63) is 52.4 Å². The van der Waals surface area contributed by atoms with E-state index in [1.807, 2.05) is 6.07 Å². The molecule has 7 heteroatoms. The molecule has 2 aromatic rings. The first-order valence-electron chi connectivity index (χ1n) is 6.86. The lowest BCUT2D eigenvalue weighted by atomic mass is 9.98. The third kappa shape index (κ3) is 3.09. The van der Waals surface area contributed by atoms with E-state index in [0.717, 1.165) is 16.9 Å². The molecule has 3 rings (SSSR count). The van der Waals surface area contributed by atoms with E-state index < -0.39 is 23.9 Å². The Hall–Kier alpha value is -2.67. The van der Waals surface area contributed by atoms with Crippen molar-refractivity contribution in [3.8, 4) is 0 Å². The van der Waals surface area contributed by atoms with Gasteiger partial charge in [-0.3, -0.25) is 4.79 Å². The van der Waals surface area contributed by atoms with Crippen LogP contribution in [0.3, 0.4) is 0 Å². The highest BCUT2D eigenvalue weighted by Crippen LogP contribution is 2.25. The number of fused-ring (bicyclic) bond motifs is 1. The topological polar surface area (TPSA) is 81.7 Å². The molecule has 1 N–H and O–H groups in total. The molecule has 0 saturated carbocycles. The molecule has 0 aliphatic carbocycles. The van der Waals surface area contributed by atoms with E-state index >= 15 is 0 Å². The largest absolute Gasteiger partial charge is 0.465 e. The molecule has 6 nitrogen and oxygen atoms in total. The van der Waals surface area contributed by atoms with E-state index in [1.165, 1.54) is 7.11 Å². The summed E-state index contributed by atoms with van der Waals surface area (Å²) in [5, 5.41) is 3.15. The van der Waals surface area contributed by atoms with E-state index in [0.29, 0.717) is 21.9 Å². The number of ether oxygens (including phenoxy) is 2. The lowest BCUT2D eigenvalue weighted by Gasteiger charge is -2.23. The molecule has 0 radical (unpaired) electrons. The summed E-state index contributed by atoms with van der Waals surface area (Å²) in [6.45, 7) is 0. The molecular formula is C16H13NO5S. The molecule has 0 unspecified atom stereocenters. The number of methoxy groups -OCH3 is 1. The molecule has 1 aromatic heterocycles. The Morgan fingerprint density at radius 1 is 1.26 bits per heavy atom. The van der Waals surface area contributed by atoms with Crippen LogP contribution < -0.4 is 5.32 Å². The maximum Gasteiger partial charge on any atom is 0.348 e. The third-order valence-electron chi connectivity index (χ3n) is 3.42. The second-order valence-corrected chi connectivity index (χ2v) is 5.98. The minimum atomic E-state index is -0.888. The summed E-state index contributed by atoms with van der Waals surface area (Å²) >= 11 is 1.10. The number of carbonyl (C=O) groups is 3. The molecule has 0 bridgehead atoms. The van der Waals surface area contributed by atoms with Gasteiger partial charge in [-0.15, -0.1) is 11.3 Å². The number of hydrogen-bond donors (Lipinski definition) is 1. The van der Waals surface area contributed by atoms with Crippen molar-refractivity contribution in [2.24, 2.45) is 0 Å². The maximum absolute atomic E-state index is 12.3. The molecule has 0 saturated heterocycles. The summed E-state index contributed by atoms with van der Waals surface area (Å²) in [6, 6.07) is 10.2. The number of hydrogen-bond acceptors (Lipinski definition) is 6. The standard InChI is InChI=1S/C16H13NO5S/c1-21-16(20)12-6-7-13(23-12)17-14(18)11-8-9-4-2-3-5-10(9)15(19)22-11/h2-7,11H,8H2,1H3,(H,17,18)/t11-/m0/s1. The van der Waals surface area contributed by atoms with Gasteiger partial charge in [-0.1, -0.05) is 18.2 Å². The average molecular weight is 331 g/mol. The van der Waals surface area contributed by atoms with Crippen LogP contribution in [-0.4, -0.2) is 31.1 Å². The van der Waals surface area contributed by atoms with Crippen LogP contribution in [0.25, 0.3) is 0 Å². The molecule has 1 amide bonds. The van der Waals surface area contributed by atoms with Gasteiger partial charge in [-0.05, 0) is 23.8 Å². The fourth-order valence-electron chi connectivity index (χ4n) is 2.30. The summed E-state index contributed by atoms with van der Waals surface area (Å²) < 4.78 is 9.80. The van der Waals surface area contributed by atoms with Gasteiger partial charge in [-0.25, -0.2) is 9.59 Å². The lowest BCUT2D eigenvalue weighted by molar-refractivity contribution is -0.125. The van der Waals surface area contributed by atoms with Gasteiger partial charge >= 0.3 is 11.9 Å². The zero-order chi connectivity index (χ0) is 16.4. The first kappa shape index (κ1) is 15.2. The molecule has 1 aliphatic rings. The average Bonchev–Trinajstić information content (AvgIpc) is 3.02. The minimum absolute atomic E-state index is 0.322. The molecule has 23 heavy (non-hydrogen) atoms. The van der Waals surface area contributed by atoms with Gasteiger partial charge in [0.25, 0.3) is 5.91 Å². The van der Waals surface area contributed by atoms with E-state index in [1.54, 1.807) is 30.3 Å². The number of nitrogens with one attached hydrogen (secondary N) is 1. The van der Waals surface area contributed by atoms with Crippen molar-refractivity contribution in [2.45, 2.75) is 12.5 Å². The van der Waals surface area contributed by atoms with Gasteiger partial charge in [0.2, 0.25) is 0 Å². The van der Waals surface area contributed by atoms with E-state index in [2.05, 4.69) is 10.1 Å². The Bertz CT molecular complexity index is 782. The second-order valence-electron chi connectivity index (χ2n) is 4.90. The molecule has 2 heterocycles. The van der Waals surface area contributed by atoms with Crippen molar-refractivity contribution in [2.75, 3.05) is 12.4 Å². The van der Waals surface area contributed by atoms with Crippen molar-refractivity contribution >= 4 is 34.2 Å². The van der Waals surface area contributed by atoms with Crippen LogP contribution in [0.2, 0.25) is 0 Å². The van der Waals surface area contributed by atoms with E-state index in [9.17, 15) is 14.4 Å². The van der Waals surface area contributed by atoms with Crippen molar-refractivity contribution in [3.63, 3.8) is 0 Å². The Labute approximate surface area is 136 Å². The fourth-order valence-corrected chi connectivity index (χ4v) is 3.12. The summed E-state index contributed by atoms with van der Waals surface area (Å²) in [7, 11) is 1.29. The van der Waals surface area contributed by atoms with E-state index in [-0.39, 0.29) is 0 Å². The highest BCUT2D eigenvalue weighted by Gasteiger charge is 2.31. The van der Waals surface area contributed by atoms with Crippen LogP contribution in [0.15, 0.2) is 36.4 Å². The van der Waals surface area contributed by atoms with Crippen molar-refractivity contribution in [1.29, 1.82) is 0 Å². The molecule has 0 spiro atoms. The molecular weight excluding hydrogens is 318 g/mol. The first-order valence-corrected chi connectivity index (χ1v) is 7.68. The number of thiophene rings is 1. The molecule has 0 fully saturated rings. The molecule has 118 valence electrons. The predicted octanol–water partition coefficient (Wildman–Crippen LogP) is 2.25. The summed E-state index contributed by atoms with van der Waals surface area (Å²) in [5.41, 5.74) is 1.27. The fraction of sp³-hybridized carbons (Fsp3) is 0.188. The van der Waals surface area contributed by atoms with Gasteiger partial charge < -0.3 is 14.8 Å². The normalized spacial score (nSPS) is 16.2. The number of cyclic esters (lactones) is 1. The number of benzene rings is 1. The zero-order valence-corrected chi connectivity index (χ0v) is 13.0. The molecule has 1 aromatic carbocycles. The van der Waals surface area contributed by atoms with Crippen LogP contribution >= 0.6 is 11.3 Å². The summed E-state index contributed by atoms with van der Waals surface area (Å²) in [4.78, 5) is 36.0. The van der Waals surface area contributed by atoms with E-state index in [4.69, 9.17) is 4.74 Å². The van der Waals surface area contributed by atoms with Gasteiger partial charge in [0, 0.05) is 6.42 Å². The van der Waals surface area contributed by atoms with Crippen LogP contribution in [-0.2, 0) is 20.7 Å². The lowest BCUT2D eigenvalue weighted by Crippen LogP contribution is -2.37. The summed E-state index contributed by atoms with van der Waals surface area (Å²) in [5.74, 6) is -1.40. The monoisotopic (exact) mass is 331 g/mol. The number of rotatable bonds is 3. The third-order valence-corrected chi connectivity index (χ3v) is 4.40. The van der Waals surface area contributed by atoms with Crippen molar-refractivity contribution in [1.82, 2.24) is 0 Å². The van der Waals surface area contributed by atoms with Crippen LogP contribution in [0.1, 0.15) is 25.6 Å². The van der Waals surface area contributed by atoms with Crippen LogP contribution in [0, 0.1) is 0 Å². The zero-order valence-electron chi connectivity index (χ0n) is 12.2. The van der Waals surface area contributed by atoms with Gasteiger partial charge in [0.1, 0.15) is 4.88 Å². The van der Waals surface area contributed by atoms with Gasteiger partial charge in [-0.2, -0.15) is 0 Å². The Morgan fingerprint density at radius 3 is 2.83 bits per heavy atom. The predicted molar refractivity (Wildman–Crippen MR) is 83.6 cm³/mol. The number of anilines is 1. The Kier molecular flexibility index (Phi) is 4.12. The second kappa shape index (κ2) is 6.21. The summed E-state index contributed by atoms with van der Waals surface area (Å²) in [6.07, 6.45) is -0.565. The Morgan fingerprint density at radius 2 is 2.04 bits per heavy atom. The quantitative estimate of drug-likeness (QED) is 0.873. The molecule has 1 atom stereocenters. The SMILES string of the molecule is COC(=O)c1ccc(NC(=O)[C@@H]2Cc3ccccc3C(=O)O2)s1. The Balaban J connectivity index is 1.71. The minimum Gasteiger partial charge on any atom is -0.465 e. The molecule has 1 aliphatic heterocycles. The highest BCUT2D eigenvalue weighted by molar-refractivity contribution is 7.18. The van der Waals surface area contributed by atoms with Crippen molar-refractivity contribution < 1.29 is 23.9 Å². The first-order chi connectivity index (χ1) is 11.1. The smallest absolute Gasteiger partial charge is 0.348 e. The maximum atomic E-state index is 12.3. The number of esters is 2. The van der Waals surface area contributed by atoms with Crippen LogP contribution in [0.4, 0.5) is 5.00 Å². The van der Waals surface area contributed by atoms with Crippen LogP contribution in [0.5, 0.6) is 0 Å². The number of carbonyl (C=O) groups excluding carboxylic acids is 3. The number of amides is 1. The van der Waals surface area contributed by atoms with Gasteiger partial charge in [0.05, 0.1) is 17.7 Å².